The van der Waals surface area contributed by atoms with E-state index in [4.69, 9.17) is 0 Å². The smallest absolute Gasteiger partial charge is 0.224 e. The molecule has 3 heteroatoms. The molecule has 1 aromatic heterocycles. The normalized spacial score (nSPS) is 15.4. The molecule has 1 N–H and O–H groups in total. The summed E-state index contributed by atoms with van der Waals surface area (Å²) in [6, 6.07) is 4.21. The zero-order valence-electron chi connectivity index (χ0n) is 7.36. The Bertz CT molecular complexity index is 293. The summed E-state index contributed by atoms with van der Waals surface area (Å²) in [7, 11) is 0. The molecule has 13 heavy (non-hydrogen) atoms. The highest BCUT2D eigenvalue weighted by atomic mass is 16.1. The van der Waals surface area contributed by atoms with Crippen molar-refractivity contribution in [2.45, 2.75) is 25.3 Å². The van der Waals surface area contributed by atoms with Gasteiger partial charge in [0.15, 0.2) is 0 Å². The van der Waals surface area contributed by atoms with E-state index in [2.05, 4.69) is 10.3 Å². The summed E-state index contributed by atoms with van der Waals surface area (Å²) in [6.07, 6.45) is 6.16. The first-order valence-electron chi connectivity index (χ1n) is 4.53. The van der Waals surface area contributed by atoms with Crippen LogP contribution in [0.3, 0.4) is 0 Å². The molecule has 3 nitrogen and oxygen atoms in total. The Morgan fingerprint density at radius 1 is 1.62 bits per heavy atom. The molecule has 0 aromatic carbocycles. The molecule has 0 bridgehead atoms. The Kier molecular flexibility index (Phi) is 2.25. The standard InChI is InChI=1S/C10H12N2O/c13-10(12-9-3-4-9)6-8-2-1-5-11-7-8/h1-2,5,7,9H,3-4,6H2,(H,12,13). The van der Waals surface area contributed by atoms with Crippen molar-refractivity contribution in [2.24, 2.45) is 0 Å². The highest BCUT2D eigenvalue weighted by Crippen LogP contribution is 2.18. The predicted octanol–water partition coefficient (Wildman–Crippen LogP) is 0.903. The number of hydrogen-bond donors (Lipinski definition) is 1. The molecule has 0 unspecified atom stereocenters. The molecule has 1 amide bonds. The number of nitrogens with zero attached hydrogens (tertiary/aromatic N) is 1. The van der Waals surface area contributed by atoms with Crippen LogP contribution < -0.4 is 5.32 Å². The van der Waals surface area contributed by atoms with Crippen molar-refractivity contribution >= 4 is 5.91 Å². The van der Waals surface area contributed by atoms with Gasteiger partial charge in [0.2, 0.25) is 5.91 Å². The maximum absolute atomic E-state index is 11.3. The molecule has 0 radical (unpaired) electrons. The van der Waals surface area contributed by atoms with Gasteiger partial charge in [0.25, 0.3) is 0 Å². The predicted molar refractivity (Wildman–Crippen MR) is 49.1 cm³/mol. The van der Waals surface area contributed by atoms with E-state index in [1.54, 1.807) is 12.4 Å². The van der Waals surface area contributed by atoms with Gasteiger partial charge in [-0.2, -0.15) is 0 Å². The van der Waals surface area contributed by atoms with Gasteiger partial charge >= 0.3 is 0 Å². The third kappa shape index (κ3) is 2.54. The van der Waals surface area contributed by atoms with Crippen LogP contribution >= 0.6 is 0 Å². The van der Waals surface area contributed by atoms with Gasteiger partial charge in [-0.25, -0.2) is 0 Å². The van der Waals surface area contributed by atoms with Gasteiger partial charge in [-0.05, 0) is 24.5 Å². The lowest BCUT2D eigenvalue weighted by atomic mass is 10.2. The first-order chi connectivity index (χ1) is 6.34. The lowest BCUT2D eigenvalue weighted by Crippen LogP contribution is -2.26. The zero-order chi connectivity index (χ0) is 9.10. The largest absolute Gasteiger partial charge is 0.353 e. The van der Waals surface area contributed by atoms with Crippen LogP contribution in [0.15, 0.2) is 24.5 Å². The van der Waals surface area contributed by atoms with Crippen LogP contribution in [0, 0.1) is 0 Å². The van der Waals surface area contributed by atoms with Crippen LogP contribution in [0.1, 0.15) is 18.4 Å². The number of amides is 1. The molecular formula is C10H12N2O. The first kappa shape index (κ1) is 8.23. The third-order valence-corrected chi connectivity index (χ3v) is 2.03. The van der Waals surface area contributed by atoms with E-state index < -0.39 is 0 Å². The van der Waals surface area contributed by atoms with Crippen molar-refractivity contribution in [1.82, 2.24) is 10.3 Å². The van der Waals surface area contributed by atoms with Crippen molar-refractivity contribution in [2.75, 3.05) is 0 Å². The number of rotatable bonds is 3. The summed E-state index contributed by atoms with van der Waals surface area (Å²) in [6.45, 7) is 0. The van der Waals surface area contributed by atoms with Gasteiger partial charge in [-0.1, -0.05) is 6.07 Å². The number of carbonyl (C=O) groups is 1. The Morgan fingerprint density at radius 3 is 3.08 bits per heavy atom. The van der Waals surface area contributed by atoms with E-state index in [1.807, 2.05) is 12.1 Å². The molecule has 0 saturated heterocycles. The summed E-state index contributed by atoms with van der Waals surface area (Å²) in [5.41, 5.74) is 0.973. The maximum Gasteiger partial charge on any atom is 0.224 e. The molecule has 0 spiro atoms. The van der Waals surface area contributed by atoms with Gasteiger partial charge in [-0.3, -0.25) is 9.78 Å². The fourth-order valence-electron chi connectivity index (χ4n) is 1.19. The highest BCUT2D eigenvalue weighted by Gasteiger charge is 2.22. The number of aromatic nitrogens is 1. The fourth-order valence-corrected chi connectivity index (χ4v) is 1.19. The van der Waals surface area contributed by atoms with Crippen molar-refractivity contribution in [3.05, 3.63) is 30.1 Å². The second-order valence-corrected chi connectivity index (χ2v) is 3.38. The van der Waals surface area contributed by atoms with Crippen molar-refractivity contribution < 1.29 is 4.79 Å². The van der Waals surface area contributed by atoms with Crippen molar-refractivity contribution in [3.63, 3.8) is 0 Å². The van der Waals surface area contributed by atoms with Gasteiger partial charge in [0, 0.05) is 18.4 Å². The Morgan fingerprint density at radius 2 is 2.46 bits per heavy atom. The average molecular weight is 176 g/mol. The van der Waals surface area contributed by atoms with E-state index >= 15 is 0 Å². The SMILES string of the molecule is O=C(Cc1cccnc1)NC1CC1. The average Bonchev–Trinajstić information content (AvgIpc) is 2.90. The Hall–Kier alpha value is -1.38. The van der Waals surface area contributed by atoms with Crippen molar-refractivity contribution in [3.8, 4) is 0 Å². The molecule has 2 rings (SSSR count). The van der Waals surface area contributed by atoms with Crippen LogP contribution in [-0.4, -0.2) is 16.9 Å². The van der Waals surface area contributed by atoms with Crippen molar-refractivity contribution in [1.29, 1.82) is 0 Å². The van der Waals surface area contributed by atoms with Crippen LogP contribution in [0.25, 0.3) is 0 Å². The minimum absolute atomic E-state index is 0.107. The molecule has 1 fully saturated rings. The summed E-state index contributed by atoms with van der Waals surface area (Å²) in [5.74, 6) is 0.107. The van der Waals surface area contributed by atoms with E-state index in [-0.39, 0.29) is 5.91 Å². The summed E-state index contributed by atoms with van der Waals surface area (Å²) in [5, 5.41) is 2.94. The summed E-state index contributed by atoms with van der Waals surface area (Å²) < 4.78 is 0. The van der Waals surface area contributed by atoms with E-state index in [0.717, 1.165) is 18.4 Å². The molecule has 1 saturated carbocycles. The van der Waals surface area contributed by atoms with Crippen LogP contribution in [0.5, 0.6) is 0 Å². The molecule has 0 atom stereocenters. The second kappa shape index (κ2) is 3.56. The minimum Gasteiger partial charge on any atom is -0.353 e. The van der Waals surface area contributed by atoms with Crippen LogP contribution in [-0.2, 0) is 11.2 Å². The summed E-state index contributed by atoms with van der Waals surface area (Å²) in [4.78, 5) is 15.3. The second-order valence-electron chi connectivity index (χ2n) is 3.38. The van der Waals surface area contributed by atoms with E-state index in [1.165, 1.54) is 0 Å². The first-order valence-corrected chi connectivity index (χ1v) is 4.53. The zero-order valence-corrected chi connectivity index (χ0v) is 7.36. The maximum atomic E-state index is 11.3. The van der Waals surface area contributed by atoms with Gasteiger partial charge in [0.1, 0.15) is 0 Å². The van der Waals surface area contributed by atoms with E-state index in [0.29, 0.717) is 12.5 Å². The van der Waals surface area contributed by atoms with Gasteiger partial charge < -0.3 is 5.32 Å². The number of pyridine rings is 1. The van der Waals surface area contributed by atoms with E-state index in [9.17, 15) is 4.79 Å². The molecule has 68 valence electrons. The molecule has 0 aliphatic heterocycles. The fraction of sp³-hybridized carbons (Fsp3) is 0.400. The van der Waals surface area contributed by atoms with Gasteiger partial charge in [0.05, 0.1) is 6.42 Å². The Balaban J connectivity index is 1.86. The minimum atomic E-state index is 0.107. The number of nitrogens with one attached hydrogen (secondary N) is 1. The highest BCUT2D eigenvalue weighted by molar-refractivity contribution is 5.79. The molecule has 1 aromatic rings. The van der Waals surface area contributed by atoms with Crippen LogP contribution in [0.2, 0.25) is 0 Å². The number of hydrogen-bond acceptors (Lipinski definition) is 2. The lowest BCUT2D eigenvalue weighted by Gasteiger charge is -2.01. The lowest BCUT2D eigenvalue weighted by molar-refractivity contribution is -0.120. The van der Waals surface area contributed by atoms with Crippen LogP contribution in [0.4, 0.5) is 0 Å². The molecule has 1 heterocycles. The molecular weight excluding hydrogens is 164 g/mol. The monoisotopic (exact) mass is 176 g/mol. The summed E-state index contributed by atoms with van der Waals surface area (Å²) >= 11 is 0. The number of carbonyl (C=O) groups excluding carboxylic acids is 1. The quantitative estimate of drug-likeness (QED) is 0.743. The molecule has 1 aliphatic carbocycles. The Labute approximate surface area is 77.2 Å². The third-order valence-electron chi connectivity index (χ3n) is 2.03. The molecule has 1 aliphatic rings. The van der Waals surface area contributed by atoms with Gasteiger partial charge in [-0.15, -0.1) is 0 Å². The topological polar surface area (TPSA) is 42.0 Å².